The Kier molecular flexibility index (Phi) is 4.86. The van der Waals surface area contributed by atoms with E-state index in [1.54, 1.807) is 17.2 Å². The van der Waals surface area contributed by atoms with E-state index in [1.165, 1.54) is 6.08 Å². The number of pyridine rings is 1. The van der Waals surface area contributed by atoms with Crippen LogP contribution in [0.3, 0.4) is 0 Å². The van der Waals surface area contributed by atoms with Gasteiger partial charge >= 0.3 is 5.97 Å². The number of hydrogen-bond acceptors (Lipinski definition) is 4. The van der Waals surface area contributed by atoms with E-state index in [4.69, 9.17) is 9.84 Å². The fraction of sp³-hybridized carbons (Fsp3) is 0.278. The third-order valence-electron chi connectivity index (χ3n) is 3.92. The summed E-state index contributed by atoms with van der Waals surface area (Å²) >= 11 is 0. The third kappa shape index (κ3) is 3.78. The highest BCUT2D eigenvalue weighted by atomic mass is 16.5. The zero-order chi connectivity index (χ0) is 16.9. The molecule has 24 heavy (non-hydrogen) atoms. The number of ether oxygens (including phenoxy) is 1. The van der Waals surface area contributed by atoms with Gasteiger partial charge in [-0.3, -0.25) is 14.6 Å². The highest BCUT2D eigenvalue weighted by molar-refractivity contribution is 5.95. The molecule has 1 N–H and O–H groups in total. The van der Waals surface area contributed by atoms with Crippen LogP contribution in [0.5, 0.6) is 0 Å². The van der Waals surface area contributed by atoms with Gasteiger partial charge in [-0.2, -0.15) is 0 Å². The predicted molar refractivity (Wildman–Crippen MR) is 89.3 cm³/mol. The van der Waals surface area contributed by atoms with Gasteiger partial charge in [-0.05, 0) is 12.1 Å². The van der Waals surface area contributed by atoms with Crippen LogP contribution in [0.4, 0.5) is 0 Å². The maximum Gasteiger partial charge on any atom is 0.306 e. The highest BCUT2D eigenvalue weighted by Crippen LogP contribution is 2.17. The first-order chi connectivity index (χ1) is 11.6. The molecule has 0 aliphatic carbocycles. The molecule has 6 nitrogen and oxygen atoms in total. The van der Waals surface area contributed by atoms with Crippen LogP contribution in [0, 0.1) is 0 Å². The number of morpholine rings is 1. The second-order valence-electron chi connectivity index (χ2n) is 5.63. The standard InChI is InChI=1S/C18H18N2O4/c21-16(20-9-10-24-15(12-20)11-17(22)23)7-6-14-4-1-3-13-5-2-8-19-18(13)14/h1-8,15H,9-12H2,(H,22,23). The van der Waals surface area contributed by atoms with Gasteiger partial charge in [-0.25, -0.2) is 0 Å². The molecule has 0 bridgehead atoms. The molecule has 1 fully saturated rings. The number of aliphatic carboxylic acids is 1. The van der Waals surface area contributed by atoms with Crippen molar-refractivity contribution in [3.63, 3.8) is 0 Å². The number of carboxylic acid groups (broad SMARTS) is 1. The Labute approximate surface area is 139 Å². The largest absolute Gasteiger partial charge is 0.481 e. The summed E-state index contributed by atoms with van der Waals surface area (Å²) in [5, 5.41) is 9.85. The molecule has 0 radical (unpaired) electrons. The lowest BCUT2D eigenvalue weighted by molar-refractivity contribution is -0.145. The zero-order valence-corrected chi connectivity index (χ0v) is 13.1. The van der Waals surface area contributed by atoms with E-state index in [0.717, 1.165) is 16.5 Å². The molecule has 0 saturated carbocycles. The fourth-order valence-electron chi connectivity index (χ4n) is 2.77. The molecule has 1 unspecified atom stereocenters. The molecular weight excluding hydrogens is 308 g/mol. The number of benzene rings is 1. The summed E-state index contributed by atoms with van der Waals surface area (Å²) in [5.74, 6) is -1.08. The second kappa shape index (κ2) is 7.23. The summed E-state index contributed by atoms with van der Waals surface area (Å²) in [7, 11) is 0. The van der Waals surface area contributed by atoms with Crippen LogP contribution in [-0.2, 0) is 14.3 Å². The van der Waals surface area contributed by atoms with E-state index in [1.807, 2.05) is 30.3 Å². The molecule has 3 rings (SSSR count). The van der Waals surface area contributed by atoms with Crippen molar-refractivity contribution < 1.29 is 19.4 Å². The van der Waals surface area contributed by atoms with Gasteiger partial charge in [0.05, 0.1) is 24.6 Å². The molecule has 2 aromatic rings. The molecule has 1 aromatic heterocycles. The Balaban J connectivity index is 1.71. The van der Waals surface area contributed by atoms with Crippen LogP contribution >= 0.6 is 0 Å². The van der Waals surface area contributed by atoms with Gasteiger partial charge in [-0.15, -0.1) is 0 Å². The maximum atomic E-state index is 12.4. The molecule has 1 atom stereocenters. The quantitative estimate of drug-likeness (QED) is 0.869. The van der Waals surface area contributed by atoms with Crippen LogP contribution in [0.1, 0.15) is 12.0 Å². The van der Waals surface area contributed by atoms with Crippen LogP contribution < -0.4 is 0 Å². The van der Waals surface area contributed by atoms with Gasteiger partial charge in [-0.1, -0.05) is 24.3 Å². The topological polar surface area (TPSA) is 79.7 Å². The van der Waals surface area contributed by atoms with E-state index < -0.39 is 12.1 Å². The van der Waals surface area contributed by atoms with Crippen LogP contribution in [0.25, 0.3) is 17.0 Å². The average molecular weight is 326 g/mol. The van der Waals surface area contributed by atoms with Crippen molar-refractivity contribution in [2.75, 3.05) is 19.7 Å². The van der Waals surface area contributed by atoms with Crippen molar-refractivity contribution in [1.29, 1.82) is 0 Å². The van der Waals surface area contributed by atoms with Gasteiger partial charge in [0.1, 0.15) is 0 Å². The Hall–Kier alpha value is -2.73. The second-order valence-corrected chi connectivity index (χ2v) is 5.63. The normalized spacial score (nSPS) is 18.2. The van der Waals surface area contributed by atoms with Crippen LogP contribution in [-0.4, -0.2) is 52.7 Å². The summed E-state index contributed by atoms with van der Waals surface area (Å²) in [4.78, 5) is 29.1. The number of carbonyl (C=O) groups is 2. The molecule has 6 heteroatoms. The number of carbonyl (C=O) groups excluding carboxylic acids is 1. The van der Waals surface area contributed by atoms with Gasteiger partial charge in [0.25, 0.3) is 0 Å². The number of amides is 1. The van der Waals surface area contributed by atoms with Crippen LogP contribution in [0.15, 0.2) is 42.6 Å². The maximum absolute atomic E-state index is 12.4. The highest BCUT2D eigenvalue weighted by Gasteiger charge is 2.24. The number of aromatic nitrogens is 1. The van der Waals surface area contributed by atoms with E-state index in [9.17, 15) is 9.59 Å². The van der Waals surface area contributed by atoms with E-state index in [-0.39, 0.29) is 12.3 Å². The van der Waals surface area contributed by atoms with Gasteiger partial charge in [0, 0.05) is 36.3 Å². The monoisotopic (exact) mass is 326 g/mol. The minimum Gasteiger partial charge on any atom is -0.481 e. The van der Waals surface area contributed by atoms with Gasteiger partial charge in [0.2, 0.25) is 5.91 Å². The molecule has 1 amide bonds. The lowest BCUT2D eigenvalue weighted by atomic mass is 10.1. The summed E-state index contributed by atoms with van der Waals surface area (Å²) < 4.78 is 5.38. The van der Waals surface area contributed by atoms with E-state index in [2.05, 4.69) is 4.98 Å². The molecule has 1 aliphatic heterocycles. The average Bonchev–Trinajstić information content (AvgIpc) is 2.59. The fourth-order valence-corrected chi connectivity index (χ4v) is 2.77. The minimum absolute atomic E-state index is 0.0965. The number of carboxylic acids is 1. The van der Waals surface area contributed by atoms with Crippen molar-refractivity contribution in [3.8, 4) is 0 Å². The first-order valence-electron chi connectivity index (χ1n) is 7.77. The molecule has 2 heterocycles. The SMILES string of the molecule is O=C(O)CC1CN(C(=O)C=Cc2cccc3cccnc23)CCO1. The Bertz CT molecular complexity index is 782. The molecule has 1 saturated heterocycles. The summed E-state index contributed by atoms with van der Waals surface area (Å²) in [6.07, 6.45) is 4.43. The van der Waals surface area contributed by atoms with Crippen molar-refractivity contribution in [3.05, 3.63) is 48.2 Å². The van der Waals surface area contributed by atoms with Crippen molar-refractivity contribution in [2.45, 2.75) is 12.5 Å². The summed E-state index contributed by atoms with van der Waals surface area (Å²) in [6.45, 7) is 1.11. The first-order valence-corrected chi connectivity index (χ1v) is 7.77. The van der Waals surface area contributed by atoms with E-state index >= 15 is 0 Å². The van der Waals surface area contributed by atoms with Gasteiger partial charge < -0.3 is 14.7 Å². The Morgan fingerprint density at radius 2 is 2.17 bits per heavy atom. The molecule has 1 aromatic carbocycles. The minimum atomic E-state index is -0.924. The zero-order valence-electron chi connectivity index (χ0n) is 13.1. The molecular formula is C18H18N2O4. The molecule has 124 valence electrons. The lowest BCUT2D eigenvalue weighted by Gasteiger charge is -2.31. The Morgan fingerprint density at radius 1 is 1.33 bits per heavy atom. The van der Waals surface area contributed by atoms with Crippen LogP contribution in [0.2, 0.25) is 0 Å². The Morgan fingerprint density at radius 3 is 3.00 bits per heavy atom. The number of hydrogen-bond donors (Lipinski definition) is 1. The third-order valence-corrected chi connectivity index (χ3v) is 3.92. The molecule has 0 spiro atoms. The number of fused-ring (bicyclic) bond motifs is 1. The van der Waals surface area contributed by atoms with Crippen molar-refractivity contribution >= 4 is 28.9 Å². The predicted octanol–water partition coefficient (Wildman–Crippen LogP) is 1.95. The van der Waals surface area contributed by atoms with Gasteiger partial charge in [0.15, 0.2) is 0 Å². The first kappa shape index (κ1) is 16.1. The number of para-hydroxylation sites is 1. The number of nitrogens with zero attached hydrogens (tertiary/aromatic N) is 2. The summed E-state index contributed by atoms with van der Waals surface area (Å²) in [6, 6.07) is 9.65. The smallest absolute Gasteiger partial charge is 0.306 e. The lowest BCUT2D eigenvalue weighted by Crippen LogP contribution is -2.45. The number of rotatable bonds is 4. The summed E-state index contributed by atoms with van der Waals surface area (Å²) in [5.41, 5.74) is 1.71. The van der Waals surface area contributed by atoms with Crippen molar-refractivity contribution in [2.24, 2.45) is 0 Å². The van der Waals surface area contributed by atoms with E-state index in [0.29, 0.717) is 19.7 Å². The molecule has 1 aliphatic rings. The van der Waals surface area contributed by atoms with Crippen molar-refractivity contribution in [1.82, 2.24) is 9.88 Å².